The van der Waals surface area contributed by atoms with Gasteiger partial charge in [-0.3, -0.25) is 9.58 Å². The molecule has 6 heteroatoms. The number of hydrogen-bond acceptors (Lipinski definition) is 5. The minimum atomic E-state index is 0.396. The van der Waals surface area contributed by atoms with Gasteiger partial charge in [0, 0.05) is 50.4 Å². The van der Waals surface area contributed by atoms with E-state index in [0.717, 1.165) is 43.1 Å². The summed E-state index contributed by atoms with van der Waals surface area (Å²) < 4.78 is 1.85. The summed E-state index contributed by atoms with van der Waals surface area (Å²) in [5.74, 6) is 0. The summed E-state index contributed by atoms with van der Waals surface area (Å²) in [5.41, 5.74) is 3.24. The van der Waals surface area contributed by atoms with Crippen molar-refractivity contribution in [2.45, 2.75) is 19.9 Å². The van der Waals surface area contributed by atoms with Crippen LogP contribution in [0, 0.1) is 6.92 Å². The summed E-state index contributed by atoms with van der Waals surface area (Å²) in [6.45, 7) is 8.64. The first kappa shape index (κ1) is 13.7. The van der Waals surface area contributed by atoms with Crippen LogP contribution in [0.15, 0.2) is 11.6 Å². The van der Waals surface area contributed by atoms with Crippen LogP contribution in [0.4, 0.5) is 0 Å². The zero-order valence-corrected chi connectivity index (χ0v) is 13.1. The normalized spacial score (nSPS) is 18.4. The highest BCUT2D eigenvalue weighted by Gasteiger charge is 2.21. The summed E-state index contributed by atoms with van der Waals surface area (Å²) in [5, 5.41) is 11.1. The van der Waals surface area contributed by atoms with E-state index in [2.05, 4.69) is 27.6 Å². The molecule has 0 aromatic carbocycles. The molecule has 5 nitrogen and oxygen atoms in total. The van der Waals surface area contributed by atoms with Crippen molar-refractivity contribution >= 4 is 11.3 Å². The number of nitrogens with one attached hydrogen (secondary N) is 1. The SMILES string of the molecule is Cc1nn(C)cc1-c1csc(C(C)N2CCNCC2)n1. The number of nitrogens with zero attached hydrogens (tertiary/aromatic N) is 4. The maximum atomic E-state index is 4.83. The minimum absolute atomic E-state index is 0.396. The molecule has 1 fully saturated rings. The number of piperazine rings is 1. The Kier molecular flexibility index (Phi) is 3.87. The van der Waals surface area contributed by atoms with Crippen LogP contribution in [0.2, 0.25) is 0 Å². The second-order valence-corrected chi connectivity index (χ2v) is 6.22. The topological polar surface area (TPSA) is 46.0 Å². The zero-order valence-electron chi connectivity index (χ0n) is 12.3. The Bertz CT molecular complexity index is 582. The molecule has 108 valence electrons. The third-order valence-corrected chi connectivity index (χ3v) is 4.88. The fraction of sp³-hybridized carbons (Fsp3) is 0.571. The molecule has 1 aliphatic rings. The van der Waals surface area contributed by atoms with Gasteiger partial charge in [0.15, 0.2) is 0 Å². The molecule has 2 aromatic heterocycles. The summed E-state index contributed by atoms with van der Waals surface area (Å²) in [7, 11) is 1.95. The number of rotatable bonds is 3. The van der Waals surface area contributed by atoms with E-state index in [9.17, 15) is 0 Å². The maximum Gasteiger partial charge on any atom is 0.110 e. The third-order valence-electron chi connectivity index (χ3n) is 3.87. The molecule has 2 aromatic rings. The van der Waals surface area contributed by atoms with Gasteiger partial charge in [0.25, 0.3) is 0 Å². The van der Waals surface area contributed by atoms with Gasteiger partial charge in [-0.25, -0.2) is 4.98 Å². The molecule has 0 aliphatic carbocycles. The van der Waals surface area contributed by atoms with Crippen LogP contribution in [0.5, 0.6) is 0 Å². The van der Waals surface area contributed by atoms with E-state index in [1.54, 1.807) is 11.3 Å². The first-order valence-corrected chi connectivity index (χ1v) is 7.94. The van der Waals surface area contributed by atoms with E-state index in [0.29, 0.717) is 6.04 Å². The Morgan fingerprint density at radius 2 is 2.10 bits per heavy atom. The van der Waals surface area contributed by atoms with Gasteiger partial charge in [0.2, 0.25) is 0 Å². The molecule has 1 unspecified atom stereocenters. The Balaban J connectivity index is 1.81. The molecule has 1 atom stereocenters. The molecule has 20 heavy (non-hydrogen) atoms. The zero-order chi connectivity index (χ0) is 14.1. The van der Waals surface area contributed by atoms with E-state index in [1.807, 2.05) is 24.9 Å². The van der Waals surface area contributed by atoms with Gasteiger partial charge >= 0.3 is 0 Å². The Morgan fingerprint density at radius 1 is 1.35 bits per heavy atom. The van der Waals surface area contributed by atoms with Crippen molar-refractivity contribution < 1.29 is 0 Å². The summed E-state index contributed by atoms with van der Waals surface area (Å²) >= 11 is 1.75. The quantitative estimate of drug-likeness (QED) is 0.937. The van der Waals surface area contributed by atoms with Gasteiger partial charge in [0.05, 0.1) is 17.4 Å². The average Bonchev–Trinajstić information content (AvgIpc) is 3.05. The molecule has 0 amide bonds. The van der Waals surface area contributed by atoms with Crippen molar-refractivity contribution in [1.82, 2.24) is 25.0 Å². The number of aryl methyl sites for hydroxylation is 2. The molecule has 3 rings (SSSR count). The van der Waals surface area contributed by atoms with Crippen molar-refractivity contribution in [2.75, 3.05) is 26.2 Å². The fourth-order valence-corrected chi connectivity index (χ4v) is 3.59. The van der Waals surface area contributed by atoms with Crippen molar-refractivity contribution in [3.05, 3.63) is 22.3 Å². The van der Waals surface area contributed by atoms with Gasteiger partial charge in [-0.1, -0.05) is 0 Å². The molecule has 1 saturated heterocycles. The van der Waals surface area contributed by atoms with E-state index in [1.165, 1.54) is 5.01 Å². The third kappa shape index (κ3) is 2.63. The van der Waals surface area contributed by atoms with Crippen LogP contribution in [0.25, 0.3) is 11.3 Å². The fourth-order valence-electron chi connectivity index (χ4n) is 2.68. The number of thiazole rings is 1. The van der Waals surface area contributed by atoms with Gasteiger partial charge in [-0.15, -0.1) is 11.3 Å². The number of hydrogen-bond donors (Lipinski definition) is 1. The van der Waals surface area contributed by atoms with E-state index < -0.39 is 0 Å². The van der Waals surface area contributed by atoms with Crippen molar-refractivity contribution in [3.63, 3.8) is 0 Å². The van der Waals surface area contributed by atoms with E-state index >= 15 is 0 Å². The van der Waals surface area contributed by atoms with E-state index in [4.69, 9.17) is 4.98 Å². The molecular formula is C14H21N5S. The standard InChI is InChI=1S/C14H21N5S/c1-10-12(8-18(3)17-10)13-9-20-14(16-13)11(2)19-6-4-15-5-7-19/h8-9,11,15H,4-7H2,1-3H3. The molecule has 1 N–H and O–H groups in total. The lowest BCUT2D eigenvalue weighted by Gasteiger charge is -2.31. The Labute approximate surface area is 123 Å². The second-order valence-electron chi connectivity index (χ2n) is 5.33. The highest BCUT2D eigenvalue weighted by Crippen LogP contribution is 2.29. The Morgan fingerprint density at radius 3 is 2.75 bits per heavy atom. The van der Waals surface area contributed by atoms with Crippen LogP contribution in [0.3, 0.4) is 0 Å². The predicted octanol–water partition coefficient (Wildman–Crippen LogP) is 1.82. The summed E-state index contributed by atoms with van der Waals surface area (Å²) in [6.07, 6.45) is 2.05. The summed E-state index contributed by atoms with van der Waals surface area (Å²) in [6, 6.07) is 0.396. The molecule has 0 bridgehead atoms. The molecule has 0 radical (unpaired) electrons. The second kappa shape index (κ2) is 5.63. The lowest BCUT2D eigenvalue weighted by atomic mass is 10.2. The van der Waals surface area contributed by atoms with E-state index in [-0.39, 0.29) is 0 Å². The highest BCUT2D eigenvalue weighted by molar-refractivity contribution is 7.10. The van der Waals surface area contributed by atoms with Crippen LogP contribution < -0.4 is 5.32 Å². The largest absolute Gasteiger partial charge is 0.314 e. The molecule has 1 aliphatic heterocycles. The molecule has 0 saturated carbocycles. The molecule has 3 heterocycles. The molecule has 0 spiro atoms. The summed E-state index contributed by atoms with van der Waals surface area (Å²) in [4.78, 5) is 7.33. The van der Waals surface area contributed by atoms with Gasteiger partial charge in [-0.05, 0) is 13.8 Å². The van der Waals surface area contributed by atoms with Gasteiger partial charge in [-0.2, -0.15) is 5.10 Å². The predicted molar refractivity (Wildman–Crippen MR) is 81.9 cm³/mol. The van der Waals surface area contributed by atoms with Gasteiger partial charge < -0.3 is 5.32 Å². The van der Waals surface area contributed by atoms with Gasteiger partial charge in [0.1, 0.15) is 5.01 Å². The van der Waals surface area contributed by atoms with Crippen molar-refractivity contribution in [3.8, 4) is 11.3 Å². The van der Waals surface area contributed by atoms with Crippen molar-refractivity contribution in [2.24, 2.45) is 7.05 Å². The monoisotopic (exact) mass is 291 g/mol. The molecular weight excluding hydrogens is 270 g/mol. The van der Waals surface area contributed by atoms with Crippen LogP contribution >= 0.6 is 11.3 Å². The van der Waals surface area contributed by atoms with Crippen LogP contribution in [0.1, 0.15) is 23.7 Å². The van der Waals surface area contributed by atoms with Crippen LogP contribution in [-0.4, -0.2) is 45.8 Å². The first-order chi connectivity index (χ1) is 9.65. The minimum Gasteiger partial charge on any atom is -0.314 e. The lowest BCUT2D eigenvalue weighted by Crippen LogP contribution is -2.44. The first-order valence-electron chi connectivity index (χ1n) is 7.06. The lowest BCUT2D eigenvalue weighted by molar-refractivity contribution is 0.185. The number of aromatic nitrogens is 3. The van der Waals surface area contributed by atoms with Crippen molar-refractivity contribution in [1.29, 1.82) is 0 Å². The average molecular weight is 291 g/mol. The maximum absolute atomic E-state index is 4.83. The van der Waals surface area contributed by atoms with Crippen LogP contribution in [-0.2, 0) is 7.05 Å². The smallest absolute Gasteiger partial charge is 0.110 e. The highest BCUT2D eigenvalue weighted by atomic mass is 32.1. The Hall–Kier alpha value is -1.24.